The van der Waals surface area contributed by atoms with Crippen molar-refractivity contribution in [2.45, 2.75) is 31.4 Å². The Labute approximate surface area is 118 Å². The van der Waals surface area contributed by atoms with Crippen molar-refractivity contribution in [1.82, 2.24) is 0 Å². The van der Waals surface area contributed by atoms with Crippen LogP contribution in [0, 0.1) is 5.82 Å². The Balaban J connectivity index is 1.87. The Morgan fingerprint density at radius 3 is 2.70 bits per heavy atom. The monoisotopic (exact) mass is 271 g/mol. The Morgan fingerprint density at radius 2 is 1.95 bits per heavy atom. The van der Waals surface area contributed by atoms with Crippen molar-refractivity contribution in [1.29, 1.82) is 0 Å². The summed E-state index contributed by atoms with van der Waals surface area (Å²) in [4.78, 5) is 0. The number of hydrogen-bond acceptors (Lipinski definition) is 2. The number of ether oxygens (including phenoxy) is 1. The Morgan fingerprint density at radius 1 is 1.20 bits per heavy atom. The second kappa shape index (κ2) is 5.25. The van der Waals surface area contributed by atoms with Gasteiger partial charge in [0.1, 0.15) is 17.7 Å². The molecule has 0 aliphatic carbocycles. The highest BCUT2D eigenvalue weighted by atomic mass is 19.1. The molecule has 2 N–H and O–H groups in total. The highest BCUT2D eigenvalue weighted by Gasteiger charge is 2.30. The molecular formula is C17H18FNO. The van der Waals surface area contributed by atoms with E-state index in [1.165, 1.54) is 17.7 Å². The fourth-order valence-corrected chi connectivity index (χ4v) is 2.78. The smallest absolute Gasteiger partial charge is 0.127 e. The van der Waals surface area contributed by atoms with Crippen molar-refractivity contribution >= 4 is 0 Å². The zero-order valence-corrected chi connectivity index (χ0v) is 11.4. The Bertz CT molecular complexity index is 599. The van der Waals surface area contributed by atoms with E-state index < -0.39 is 0 Å². The first-order chi connectivity index (χ1) is 9.65. The van der Waals surface area contributed by atoms with E-state index in [0.717, 1.165) is 12.0 Å². The molecule has 2 aromatic rings. The van der Waals surface area contributed by atoms with E-state index in [0.29, 0.717) is 5.75 Å². The number of hydrogen-bond donors (Lipinski definition) is 1. The summed E-state index contributed by atoms with van der Waals surface area (Å²) in [5.74, 6) is 0.513. The van der Waals surface area contributed by atoms with Crippen LogP contribution in [-0.4, -0.2) is 6.10 Å². The minimum atomic E-state index is -0.288. The molecule has 2 nitrogen and oxygen atoms in total. The largest absolute Gasteiger partial charge is 0.489 e. The molecule has 3 heteroatoms. The van der Waals surface area contributed by atoms with Crippen LogP contribution in [0.15, 0.2) is 48.5 Å². The van der Waals surface area contributed by atoms with Gasteiger partial charge in [0.05, 0.1) is 0 Å². The molecule has 0 radical (unpaired) electrons. The molecule has 0 saturated carbocycles. The molecule has 3 unspecified atom stereocenters. The summed E-state index contributed by atoms with van der Waals surface area (Å²) in [7, 11) is 0. The average molecular weight is 271 g/mol. The van der Waals surface area contributed by atoms with Gasteiger partial charge in [-0.25, -0.2) is 4.39 Å². The highest BCUT2D eigenvalue weighted by Crippen LogP contribution is 2.38. The third-order valence-electron chi connectivity index (χ3n) is 4.02. The predicted octanol–water partition coefficient (Wildman–Crippen LogP) is 3.78. The first kappa shape index (κ1) is 13.1. The van der Waals surface area contributed by atoms with Crippen molar-refractivity contribution in [3.8, 4) is 5.75 Å². The van der Waals surface area contributed by atoms with E-state index in [1.54, 1.807) is 6.07 Å². The molecule has 1 aliphatic heterocycles. The maximum Gasteiger partial charge on any atom is 0.127 e. The lowest BCUT2D eigenvalue weighted by molar-refractivity contribution is 0.136. The van der Waals surface area contributed by atoms with Gasteiger partial charge in [-0.05, 0) is 11.6 Å². The molecule has 0 spiro atoms. The summed E-state index contributed by atoms with van der Waals surface area (Å²) in [6.07, 6.45) is 0.719. The normalized spacial score (nSPS) is 22.8. The quantitative estimate of drug-likeness (QED) is 0.902. The van der Waals surface area contributed by atoms with Crippen molar-refractivity contribution in [2.24, 2.45) is 5.73 Å². The average Bonchev–Trinajstić information content (AvgIpc) is 2.46. The highest BCUT2D eigenvalue weighted by molar-refractivity contribution is 5.39. The fourth-order valence-electron chi connectivity index (χ4n) is 2.78. The molecule has 20 heavy (non-hydrogen) atoms. The van der Waals surface area contributed by atoms with Gasteiger partial charge in [0, 0.05) is 30.0 Å². The third-order valence-corrected chi connectivity index (χ3v) is 4.02. The van der Waals surface area contributed by atoms with Crippen LogP contribution in [0.5, 0.6) is 5.75 Å². The van der Waals surface area contributed by atoms with Gasteiger partial charge < -0.3 is 10.5 Å². The molecular weight excluding hydrogens is 253 g/mol. The van der Waals surface area contributed by atoms with E-state index in [4.69, 9.17) is 10.5 Å². The van der Waals surface area contributed by atoms with E-state index >= 15 is 0 Å². The summed E-state index contributed by atoms with van der Waals surface area (Å²) in [5, 5.41) is 0. The number of benzene rings is 2. The van der Waals surface area contributed by atoms with Gasteiger partial charge in [-0.2, -0.15) is 0 Å². The maximum atomic E-state index is 13.4. The van der Waals surface area contributed by atoms with E-state index in [1.807, 2.05) is 18.2 Å². The molecule has 0 bridgehead atoms. The Hall–Kier alpha value is -1.87. The van der Waals surface area contributed by atoms with Crippen molar-refractivity contribution in [3.63, 3.8) is 0 Å². The van der Waals surface area contributed by atoms with E-state index in [9.17, 15) is 4.39 Å². The minimum Gasteiger partial charge on any atom is -0.489 e. The van der Waals surface area contributed by atoms with Crippen LogP contribution < -0.4 is 10.5 Å². The van der Waals surface area contributed by atoms with Crippen LogP contribution in [0.2, 0.25) is 0 Å². The van der Waals surface area contributed by atoms with Crippen LogP contribution >= 0.6 is 0 Å². The van der Waals surface area contributed by atoms with Gasteiger partial charge in [-0.1, -0.05) is 43.3 Å². The van der Waals surface area contributed by atoms with Gasteiger partial charge in [0.25, 0.3) is 0 Å². The fraction of sp³-hybridized carbons (Fsp3) is 0.294. The number of nitrogens with two attached hydrogens (primary N) is 1. The molecule has 0 fully saturated rings. The maximum absolute atomic E-state index is 13.4. The zero-order chi connectivity index (χ0) is 14.1. The van der Waals surface area contributed by atoms with Gasteiger partial charge in [-0.3, -0.25) is 0 Å². The molecule has 3 rings (SSSR count). The van der Waals surface area contributed by atoms with Crippen LogP contribution in [0.3, 0.4) is 0 Å². The lowest BCUT2D eigenvalue weighted by atomic mass is 9.87. The first-order valence-corrected chi connectivity index (χ1v) is 6.92. The van der Waals surface area contributed by atoms with Gasteiger partial charge in [0.2, 0.25) is 0 Å². The molecule has 2 aromatic carbocycles. The van der Waals surface area contributed by atoms with Crippen LogP contribution in [0.1, 0.15) is 36.4 Å². The van der Waals surface area contributed by atoms with Crippen molar-refractivity contribution in [2.75, 3.05) is 0 Å². The van der Waals surface area contributed by atoms with E-state index in [-0.39, 0.29) is 23.9 Å². The van der Waals surface area contributed by atoms with Crippen molar-refractivity contribution < 1.29 is 9.13 Å². The second-order valence-corrected chi connectivity index (χ2v) is 5.38. The number of fused-ring (bicyclic) bond motifs is 1. The molecule has 0 aromatic heterocycles. The second-order valence-electron chi connectivity index (χ2n) is 5.38. The molecule has 3 atom stereocenters. The van der Waals surface area contributed by atoms with Crippen LogP contribution in [0.25, 0.3) is 0 Å². The molecule has 1 aliphatic rings. The van der Waals surface area contributed by atoms with Gasteiger partial charge in [-0.15, -0.1) is 0 Å². The molecule has 0 amide bonds. The predicted molar refractivity (Wildman–Crippen MR) is 77.2 cm³/mol. The topological polar surface area (TPSA) is 35.2 Å². The summed E-state index contributed by atoms with van der Waals surface area (Å²) < 4.78 is 19.3. The van der Waals surface area contributed by atoms with Crippen molar-refractivity contribution in [3.05, 3.63) is 65.5 Å². The summed E-state index contributed by atoms with van der Waals surface area (Å²) in [6.45, 7) is 2.12. The Kier molecular flexibility index (Phi) is 3.45. The molecule has 1 heterocycles. The summed E-state index contributed by atoms with van der Waals surface area (Å²) >= 11 is 0. The lowest BCUT2D eigenvalue weighted by Crippen LogP contribution is -2.33. The summed E-state index contributed by atoms with van der Waals surface area (Å²) in [5.41, 5.74) is 8.30. The minimum absolute atomic E-state index is 0.0262. The van der Waals surface area contributed by atoms with Gasteiger partial charge >= 0.3 is 0 Å². The standard InChI is InChI=1S/C17H18FNO/c1-11(12-5-3-2-4-6-12)16-10-15(19)14-8-7-13(18)9-17(14)20-16/h2-9,11,15-16H,10,19H2,1H3. The SMILES string of the molecule is CC(c1ccccc1)C1CC(N)c2ccc(F)cc2O1. The lowest BCUT2D eigenvalue weighted by Gasteiger charge is -2.34. The van der Waals surface area contributed by atoms with Crippen LogP contribution in [0.4, 0.5) is 4.39 Å². The summed E-state index contributed by atoms with van der Waals surface area (Å²) in [6, 6.07) is 14.7. The number of halogens is 1. The van der Waals surface area contributed by atoms with Crippen LogP contribution in [-0.2, 0) is 0 Å². The zero-order valence-electron chi connectivity index (χ0n) is 11.4. The molecule has 104 valence electrons. The van der Waals surface area contributed by atoms with E-state index in [2.05, 4.69) is 19.1 Å². The first-order valence-electron chi connectivity index (χ1n) is 6.92. The third kappa shape index (κ3) is 2.41. The number of rotatable bonds is 2. The molecule has 0 saturated heterocycles. The van der Waals surface area contributed by atoms with Gasteiger partial charge in [0.15, 0.2) is 0 Å².